The van der Waals surface area contributed by atoms with E-state index in [9.17, 15) is 8.42 Å². The summed E-state index contributed by atoms with van der Waals surface area (Å²) in [5.74, 6) is 1.73. The third-order valence-electron chi connectivity index (χ3n) is 5.97. The molecule has 0 bridgehead atoms. The molecule has 0 spiro atoms. The average Bonchev–Trinajstić information content (AvgIpc) is 3.39. The van der Waals surface area contributed by atoms with Crippen LogP contribution in [0.3, 0.4) is 0 Å². The van der Waals surface area contributed by atoms with Gasteiger partial charge in [0.05, 0.1) is 23.4 Å². The monoisotopic (exact) mass is 546 g/mol. The first-order chi connectivity index (χ1) is 18.8. The molecule has 0 saturated heterocycles. The van der Waals surface area contributed by atoms with Crippen molar-refractivity contribution < 1.29 is 22.0 Å². The van der Waals surface area contributed by atoms with Gasteiger partial charge in [-0.15, -0.1) is 0 Å². The van der Waals surface area contributed by atoms with Gasteiger partial charge in [0, 0.05) is 29.9 Å². The molecular formula is C29H27FN4O4S. The van der Waals surface area contributed by atoms with E-state index in [0.29, 0.717) is 47.9 Å². The van der Waals surface area contributed by atoms with Crippen LogP contribution in [0.4, 0.5) is 15.9 Å². The fourth-order valence-corrected chi connectivity index (χ4v) is 4.48. The van der Waals surface area contributed by atoms with Gasteiger partial charge in [0.15, 0.2) is 0 Å². The van der Waals surface area contributed by atoms with Gasteiger partial charge in [-0.25, -0.2) is 22.8 Å². The lowest BCUT2D eigenvalue weighted by molar-refractivity contribution is 0.306. The number of aromatic nitrogens is 2. The zero-order valence-electron chi connectivity index (χ0n) is 21.2. The van der Waals surface area contributed by atoms with E-state index in [2.05, 4.69) is 20.6 Å². The summed E-state index contributed by atoms with van der Waals surface area (Å²) >= 11 is 0. The van der Waals surface area contributed by atoms with E-state index in [0.717, 1.165) is 17.0 Å². The average molecular weight is 547 g/mol. The zero-order valence-corrected chi connectivity index (χ0v) is 22.0. The van der Waals surface area contributed by atoms with Crippen LogP contribution in [-0.4, -0.2) is 36.9 Å². The lowest BCUT2D eigenvalue weighted by Crippen LogP contribution is -2.21. The first-order valence-corrected chi connectivity index (χ1v) is 14.4. The second-order valence-electron chi connectivity index (χ2n) is 9.07. The van der Waals surface area contributed by atoms with Gasteiger partial charge in [-0.3, -0.25) is 0 Å². The van der Waals surface area contributed by atoms with E-state index < -0.39 is 15.7 Å². The number of anilines is 2. The quantitative estimate of drug-likeness (QED) is 0.210. The Labute approximate surface area is 225 Å². The third kappa shape index (κ3) is 6.98. The van der Waals surface area contributed by atoms with E-state index in [4.69, 9.17) is 9.15 Å². The summed E-state index contributed by atoms with van der Waals surface area (Å²) in [4.78, 5) is 8.59. The number of sulfone groups is 1. The van der Waals surface area contributed by atoms with Gasteiger partial charge in [-0.05, 0) is 48.0 Å². The Hall–Kier alpha value is -4.28. The summed E-state index contributed by atoms with van der Waals surface area (Å²) in [6.45, 7) is 1.10. The molecule has 10 heteroatoms. The lowest BCUT2D eigenvalue weighted by Gasteiger charge is -2.11. The smallest absolute Gasteiger partial charge is 0.148 e. The highest BCUT2D eigenvalue weighted by molar-refractivity contribution is 7.90. The van der Waals surface area contributed by atoms with Gasteiger partial charge in [-0.1, -0.05) is 30.3 Å². The second kappa shape index (κ2) is 11.6. The molecule has 0 aliphatic heterocycles. The fraction of sp³-hybridized carbons (Fsp3) is 0.172. The first kappa shape index (κ1) is 26.3. The number of benzene rings is 3. The lowest BCUT2D eigenvalue weighted by atomic mass is 10.1. The Morgan fingerprint density at radius 3 is 2.54 bits per heavy atom. The first-order valence-electron chi connectivity index (χ1n) is 12.3. The normalized spacial score (nSPS) is 11.5. The van der Waals surface area contributed by atoms with Crippen molar-refractivity contribution >= 4 is 32.2 Å². The molecule has 0 aliphatic carbocycles. The van der Waals surface area contributed by atoms with Gasteiger partial charge < -0.3 is 19.8 Å². The molecule has 0 fully saturated rings. The molecule has 200 valence electrons. The molecule has 2 heterocycles. The van der Waals surface area contributed by atoms with Crippen molar-refractivity contribution in [2.24, 2.45) is 0 Å². The number of furan rings is 1. The number of nitrogens with one attached hydrogen (secondary N) is 2. The Morgan fingerprint density at radius 1 is 0.974 bits per heavy atom. The van der Waals surface area contributed by atoms with Crippen LogP contribution in [-0.2, 0) is 23.0 Å². The van der Waals surface area contributed by atoms with Gasteiger partial charge in [0.25, 0.3) is 0 Å². The summed E-state index contributed by atoms with van der Waals surface area (Å²) in [6, 6.07) is 23.9. The molecule has 0 aliphatic rings. The third-order valence-corrected chi connectivity index (χ3v) is 6.91. The van der Waals surface area contributed by atoms with Crippen molar-refractivity contribution in [3.8, 4) is 17.1 Å². The van der Waals surface area contributed by atoms with Crippen LogP contribution >= 0.6 is 0 Å². The molecule has 2 aromatic heterocycles. The Morgan fingerprint density at radius 2 is 1.77 bits per heavy atom. The summed E-state index contributed by atoms with van der Waals surface area (Å²) in [5, 5.41) is 6.92. The highest BCUT2D eigenvalue weighted by Crippen LogP contribution is 2.32. The Kier molecular flexibility index (Phi) is 7.85. The Balaban J connectivity index is 1.30. The minimum Gasteiger partial charge on any atom is -0.489 e. The summed E-state index contributed by atoms with van der Waals surface area (Å²) < 4.78 is 49.3. The predicted molar refractivity (Wildman–Crippen MR) is 149 cm³/mol. The van der Waals surface area contributed by atoms with Crippen molar-refractivity contribution in [3.63, 3.8) is 0 Å². The number of nitrogens with zero attached hydrogens (tertiary/aromatic N) is 2. The van der Waals surface area contributed by atoms with Gasteiger partial charge >= 0.3 is 0 Å². The van der Waals surface area contributed by atoms with Gasteiger partial charge in [-0.2, -0.15) is 0 Å². The van der Waals surface area contributed by atoms with E-state index in [1.165, 1.54) is 18.6 Å². The summed E-state index contributed by atoms with van der Waals surface area (Å²) in [6.07, 6.45) is 2.57. The zero-order chi connectivity index (χ0) is 27.2. The molecule has 2 N–H and O–H groups in total. The predicted octanol–water partition coefficient (Wildman–Crippen LogP) is 5.49. The SMILES string of the molecule is CS(=O)(=O)CCNCc1ccc(-c2cc3c(Nc4ccc(OCc5ccccc5)cc4)ncnc3cc2F)o1. The topological polar surface area (TPSA) is 106 Å². The highest BCUT2D eigenvalue weighted by atomic mass is 32.2. The van der Waals surface area contributed by atoms with Gasteiger partial charge in [0.2, 0.25) is 0 Å². The van der Waals surface area contributed by atoms with Crippen LogP contribution < -0.4 is 15.4 Å². The van der Waals surface area contributed by atoms with Crippen molar-refractivity contribution in [1.82, 2.24) is 15.3 Å². The van der Waals surface area contributed by atoms with Crippen LogP contribution in [0.2, 0.25) is 0 Å². The van der Waals surface area contributed by atoms with E-state index in [1.54, 1.807) is 18.2 Å². The summed E-state index contributed by atoms with van der Waals surface area (Å²) in [7, 11) is -3.05. The van der Waals surface area contributed by atoms with E-state index in [-0.39, 0.29) is 11.3 Å². The molecular weight excluding hydrogens is 519 g/mol. The molecule has 0 saturated carbocycles. The maximum absolute atomic E-state index is 15.0. The van der Waals surface area contributed by atoms with Gasteiger partial charge in [0.1, 0.15) is 51.7 Å². The molecule has 5 aromatic rings. The van der Waals surface area contributed by atoms with E-state index >= 15 is 4.39 Å². The molecule has 0 atom stereocenters. The van der Waals surface area contributed by atoms with Crippen molar-refractivity contribution in [1.29, 1.82) is 0 Å². The number of hydrogen-bond acceptors (Lipinski definition) is 8. The van der Waals surface area contributed by atoms with Crippen LogP contribution in [0, 0.1) is 5.82 Å². The standard InChI is InChI=1S/C29H27FN4O4S/c1-39(35,36)14-13-31-17-23-11-12-28(38-23)24-15-25-27(16-26(24)30)32-19-33-29(25)34-21-7-9-22(10-8-21)37-18-20-5-3-2-4-6-20/h2-12,15-16,19,31H,13-14,17-18H2,1H3,(H,32,33,34). The maximum atomic E-state index is 15.0. The molecule has 3 aromatic carbocycles. The minimum absolute atomic E-state index is 0.0269. The van der Waals surface area contributed by atoms with Crippen LogP contribution in [0.1, 0.15) is 11.3 Å². The highest BCUT2D eigenvalue weighted by Gasteiger charge is 2.15. The number of halogens is 1. The number of hydrogen-bond donors (Lipinski definition) is 2. The number of fused-ring (bicyclic) bond motifs is 1. The molecule has 0 radical (unpaired) electrons. The van der Waals surface area contributed by atoms with Crippen molar-refractivity contribution in [3.05, 3.63) is 102 Å². The maximum Gasteiger partial charge on any atom is 0.148 e. The minimum atomic E-state index is -3.05. The Bertz CT molecular complexity index is 1670. The molecule has 5 rings (SSSR count). The van der Waals surface area contributed by atoms with Crippen LogP contribution in [0.5, 0.6) is 5.75 Å². The van der Waals surface area contributed by atoms with E-state index in [1.807, 2.05) is 54.6 Å². The molecule has 0 amide bonds. The molecule has 8 nitrogen and oxygen atoms in total. The fourth-order valence-electron chi connectivity index (χ4n) is 3.96. The van der Waals surface area contributed by atoms with Crippen LogP contribution in [0.25, 0.3) is 22.2 Å². The summed E-state index contributed by atoms with van der Waals surface area (Å²) in [5.41, 5.74) is 2.59. The number of ether oxygens (including phenoxy) is 1. The largest absolute Gasteiger partial charge is 0.489 e. The molecule has 39 heavy (non-hydrogen) atoms. The van der Waals surface area contributed by atoms with Crippen molar-refractivity contribution in [2.75, 3.05) is 23.9 Å². The molecule has 0 unspecified atom stereocenters. The van der Waals surface area contributed by atoms with Crippen LogP contribution in [0.15, 0.2) is 89.6 Å². The number of rotatable bonds is 11. The second-order valence-corrected chi connectivity index (χ2v) is 11.3. The van der Waals surface area contributed by atoms with Crippen molar-refractivity contribution in [2.45, 2.75) is 13.2 Å².